The second-order valence-electron chi connectivity index (χ2n) is 6.49. The molecule has 3 aromatic rings. The lowest BCUT2D eigenvalue weighted by Gasteiger charge is -2.05. The van der Waals surface area contributed by atoms with Crippen LogP contribution in [0.1, 0.15) is 27.2 Å². The molecule has 1 aliphatic rings. The number of primary amides is 1. The van der Waals surface area contributed by atoms with Crippen molar-refractivity contribution in [1.82, 2.24) is 10.2 Å². The zero-order valence-electron chi connectivity index (χ0n) is 16.1. The van der Waals surface area contributed by atoms with Crippen molar-refractivity contribution >= 4 is 62.1 Å². The smallest absolute Gasteiger partial charge is 0.251 e. The van der Waals surface area contributed by atoms with Crippen LogP contribution in [0.25, 0.3) is 0 Å². The third-order valence-corrected chi connectivity index (χ3v) is 7.65. The van der Waals surface area contributed by atoms with Gasteiger partial charge in [-0.25, -0.2) is 0 Å². The molecule has 0 unspecified atom stereocenters. The van der Waals surface area contributed by atoms with Crippen molar-refractivity contribution in [2.75, 3.05) is 23.5 Å². The van der Waals surface area contributed by atoms with Crippen molar-refractivity contribution in [3.8, 4) is 5.75 Å². The summed E-state index contributed by atoms with van der Waals surface area (Å²) in [6, 6.07) is 7.50. The summed E-state index contributed by atoms with van der Waals surface area (Å²) in [6.07, 6.45) is 2.79. The van der Waals surface area contributed by atoms with Gasteiger partial charge in [0.15, 0.2) is 4.34 Å². The van der Waals surface area contributed by atoms with E-state index in [2.05, 4.69) is 20.8 Å². The standard InChI is InChI=1S/C19H19N5O3S3/c1-27-11-5-2-4-10(8-11)21-18-23-24-19(30-18)28-9-14(25)22-17-15(16(20)26)12-6-3-7-13(12)29-17/h2,4-5,8H,3,6-7,9H2,1H3,(H2,20,26)(H,21,23)(H,22,25). The molecule has 1 aromatic carbocycles. The van der Waals surface area contributed by atoms with Gasteiger partial charge >= 0.3 is 0 Å². The fraction of sp³-hybridized carbons (Fsp3) is 0.263. The van der Waals surface area contributed by atoms with Crippen LogP contribution in [0, 0.1) is 0 Å². The van der Waals surface area contributed by atoms with Crippen molar-refractivity contribution in [2.24, 2.45) is 5.73 Å². The monoisotopic (exact) mass is 461 g/mol. The third-order valence-electron chi connectivity index (χ3n) is 4.47. The molecule has 2 heterocycles. The van der Waals surface area contributed by atoms with E-state index in [1.165, 1.54) is 34.4 Å². The molecule has 0 bridgehead atoms. The maximum atomic E-state index is 12.4. The van der Waals surface area contributed by atoms with Gasteiger partial charge in [0.25, 0.3) is 5.91 Å². The lowest BCUT2D eigenvalue weighted by molar-refractivity contribution is -0.113. The molecule has 0 saturated heterocycles. The maximum absolute atomic E-state index is 12.4. The van der Waals surface area contributed by atoms with Gasteiger partial charge in [0.05, 0.1) is 18.4 Å². The number of carbonyl (C=O) groups is 2. The Morgan fingerprint density at radius 1 is 1.27 bits per heavy atom. The minimum absolute atomic E-state index is 0.161. The number of hydrogen-bond acceptors (Lipinski definition) is 9. The van der Waals surface area contributed by atoms with Gasteiger partial charge in [-0.2, -0.15) is 0 Å². The van der Waals surface area contributed by atoms with Crippen LogP contribution >= 0.6 is 34.4 Å². The maximum Gasteiger partial charge on any atom is 0.251 e. The highest BCUT2D eigenvalue weighted by atomic mass is 32.2. The Morgan fingerprint density at radius 2 is 2.13 bits per heavy atom. The summed E-state index contributed by atoms with van der Waals surface area (Å²) >= 11 is 4.09. The summed E-state index contributed by atoms with van der Waals surface area (Å²) in [5.74, 6) is 0.203. The summed E-state index contributed by atoms with van der Waals surface area (Å²) in [6.45, 7) is 0. The number of nitrogens with two attached hydrogens (primary N) is 1. The van der Waals surface area contributed by atoms with Gasteiger partial charge in [0.1, 0.15) is 10.8 Å². The van der Waals surface area contributed by atoms with Gasteiger partial charge in [-0.1, -0.05) is 29.2 Å². The Balaban J connectivity index is 1.34. The molecule has 0 saturated carbocycles. The van der Waals surface area contributed by atoms with E-state index in [4.69, 9.17) is 10.5 Å². The number of anilines is 3. The molecule has 156 valence electrons. The SMILES string of the molecule is COc1cccc(Nc2nnc(SCC(=O)Nc3sc4c(c3C(N)=O)CCC4)s2)c1. The number of fused-ring (bicyclic) bond motifs is 1. The minimum Gasteiger partial charge on any atom is -0.497 e. The van der Waals surface area contributed by atoms with E-state index in [1.54, 1.807) is 7.11 Å². The fourth-order valence-corrected chi connectivity index (χ4v) is 6.07. The van der Waals surface area contributed by atoms with Crippen molar-refractivity contribution in [3.05, 3.63) is 40.3 Å². The summed E-state index contributed by atoms with van der Waals surface area (Å²) in [4.78, 5) is 25.4. The summed E-state index contributed by atoms with van der Waals surface area (Å²) in [5, 5.41) is 15.4. The van der Waals surface area contributed by atoms with Crippen LogP contribution in [0.15, 0.2) is 28.6 Å². The molecule has 0 fully saturated rings. The van der Waals surface area contributed by atoms with Crippen LogP contribution in [0.2, 0.25) is 0 Å². The number of ether oxygens (including phenoxy) is 1. The average Bonchev–Trinajstić information content (AvgIpc) is 3.42. The number of rotatable bonds is 8. The van der Waals surface area contributed by atoms with E-state index in [0.717, 1.165) is 41.1 Å². The lowest BCUT2D eigenvalue weighted by atomic mass is 10.1. The fourth-order valence-electron chi connectivity index (χ4n) is 3.19. The molecule has 0 aliphatic heterocycles. The molecule has 0 spiro atoms. The normalized spacial score (nSPS) is 12.4. The molecule has 2 aromatic heterocycles. The minimum atomic E-state index is -0.491. The highest BCUT2D eigenvalue weighted by Gasteiger charge is 2.26. The van der Waals surface area contributed by atoms with Crippen molar-refractivity contribution < 1.29 is 14.3 Å². The third kappa shape index (κ3) is 4.58. The summed E-state index contributed by atoms with van der Waals surface area (Å²) < 4.78 is 5.87. The van der Waals surface area contributed by atoms with Crippen LogP contribution in [0.5, 0.6) is 5.75 Å². The van der Waals surface area contributed by atoms with E-state index in [1.807, 2.05) is 24.3 Å². The highest BCUT2D eigenvalue weighted by Crippen LogP contribution is 2.39. The first-order chi connectivity index (χ1) is 14.5. The van der Waals surface area contributed by atoms with E-state index < -0.39 is 5.91 Å². The average molecular weight is 462 g/mol. The Kier molecular flexibility index (Phi) is 6.21. The van der Waals surface area contributed by atoms with Crippen LogP contribution in [-0.4, -0.2) is 34.9 Å². The summed E-state index contributed by atoms with van der Waals surface area (Å²) in [5.41, 5.74) is 7.83. The van der Waals surface area contributed by atoms with Crippen molar-refractivity contribution in [1.29, 1.82) is 0 Å². The zero-order chi connectivity index (χ0) is 21.1. The number of benzene rings is 1. The van der Waals surface area contributed by atoms with Gasteiger partial charge < -0.3 is 21.1 Å². The topological polar surface area (TPSA) is 119 Å². The van der Waals surface area contributed by atoms with Crippen LogP contribution in [0.3, 0.4) is 0 Å². The first-order valence-electron chi connectivity index (χ1n) is 9.15. The molecule has 4 N–H and O–H groups in total. The molecule has 0 atom stereocenters. The number of carbonyl (C=O) groups excluding carboxylic acids is 2. The molecule has 8 nitrogen and oxygen atoms in total. The second-order valence-corrected chi connectivity index (χ2v) is 9.80. The van der Waals surface area contributed by atoms with Gasteiger partial charge in [-0.05, 0) is 37.0 Å². The number of thioether (sulfide) groups is 1. The predicted octanol–water partition coefficient (Wildman–Crippen LogP) is 3.67. The van der Waals surface area contributed by atoms with Crippen LogP contribution in [0.4, 0.5) is 15.8 Å². The van der Waals surface area contributed by atoms with Crippen molar-refractivity contribution in [3.63, 3.8) is 0 Å². The molecular weight excluding hydrogens is 442 g/mol. The Bertz CT molecular complexity index is 1100. The lowest BCUT2D eigenvalue weighted by Crippen LogP contribution is -2.18. The largest absolute Gasteiger partial charge is 0.497 e. The van der Waals surface area contributed by atoms with Gasteiger partial charge in [0.2, 0.25) is 11.0 Å². The van der Waals surface area contributed by atoms with E-state index in [-0.39, 0.29) is 11.7 Å². The van der Waals surface area contributed by atoms with Gasteiger partial charge in [-0.15, -0.1) is 21.5 Å². The second kappa shape index (κ2) is 9.02. The van der Waals surface area contributed by atoms with Crippen LogP contribution < -0.4 is 21.1 Å². The number of nitrogens with zero attached hydrogens (tertiary/aromatic N) is 2. The number of aryl methyl sites for hydroxylation is 1. The van der Waals surface area contributed by atoms with Gasteiger partial charge in [0, 0.05) is 16.6 Å². The van der Waals surface area contributed by atoms with Crippen molar-refractivity contribution in [2.45, 2.75) is 23.6 Å². The molecule has 30 heavy (non-hydrogen) atoms. The predicted molar refractivity (Wildman–Crippen MR) is 120 cm³/mol. The van der Waals surface area contributed by atoms with Crippen LogP contribution in [-0.2, 0) is 17.6 Å². The molecule has 0 radical (unpaired) electrons. The molecule has 11 heteroatoms. The first kappa shape index (κ1) is 20.6. The summed E-state index contributed by atoms with van der Waals surface area (Å²) in [7, 11) is 1.61. The number of thiophene rings is 1. The number of amides is 2. The Hall–Kier alpha value is -2.63. The number of nitrogens with one attached hydrogen (secondary N) is 2. The first-order valence-corrected chi connectivity index (χ1v) is 11.8. The molecular formula is C19H19N5O3S3. The zero-order valence-corrected chi connectivity index (χ0v) is 18.5. The number of aromatic nitrogens is 2. The highest BCUT2D eigenvalue weighted by molar-refractivity contribution is 8.01. The van der Waals surface area contributed by atoms with E-state index >= 15 is 0 Å². The molecule has 4 rings (SSSR count). The quantitative estimate of drug-likeness (QED) is 0.438. The van der Waals surface area contributed by atoms with E-state index in [0.29, 0.717) is 20.0 Å². The van der Waals surface area contributed by atoms with Gasteiger partial charge in [-0.3, -0.25) is 9.59 Å². The molecule has 2 amide bonds. The Morgan fingerprint density at radius 3 is 2.93 bits per heavy atom. The molecule has 1 aliphatic carbocycles. The number of hydrogen-bond donors (Lipinski definition) is 3. The Labute approximate surface area is 185 Å². The van der Waals surface area contributed by atoms with E-state index in [9.17, 15) is 9.59 Å². The number of methoxy groups -OCH3 is 1.